The summed E-state index contributed by atoms with van der Waals surface area (Å²) in [6.45, 7) is 14.6. The van der Waals surface area contributed by atoms with E-state index in [1.165, 1.54) is 0 Å². The maximum absolute atomic E-state index is 14.4. The Morgan fingerprint density at radius 3 is 2.31 bits per heavy atom. The molecular formula is C28H40O7. The van der Waals surface area contributed by atoms with E-state index in [-0.39, 0.29) is 47.0 Å². The van der Waals surface area contributed by atoms with Gasteiger partial charge in [-0.1, -0.05) is 60.6 Å². The molecule has 0 aromatic rings. The van der Waals surface area contributed by atoms with E-state index >= 15 is 0 Å². The largest absolute Gasteiger partial charge is 0.461 e. The Kier molecular flexibility index (Phi) is 6.16. The molecule has 0 aromatic carbocycles. The molecule has 1 spiro atoms. The second-order valence-corrected chi connectivity index (χ2v) is 12.4. The fourth-order valence-corrected chi connectivity index (χ4v) is 7.15. The predicted molar refractivity (Wildman–Crippen MR) is 129 cm³/mol. The number of esters is 2. The van der Waals surface area contributed by atoms with Crippen molar-refractivity contribution >= 4 is 17.7 Å². The monoisotopic (exact) mass is 488 g/mol. The predicted octanol–water partition coefficient (Wildman–Crippen LogP) is 3.23. The summed E-state index contributed by atoms with van der Waals surface area (Å²) in [6.07, 6.45) is 1.45. The van der Waals surface area contributed by atoms with Crippen molar-refractivity contribution < 1.29 is 34.1 Å². The SMILES string of the molecule is CC1=CC23C(=O)C(C=C(COC(=O)C(C)C)C(O)C2(O)C1OC(=O)C(C)C)C1C(CC3C)C1(C)C. The van der Waals surface area contributed by atoms with Crippen molar-refractivity contribution in [3.05, 3.63) is 23.3 Å². The highest BCUT2D eigenvalue weighted by Crippen LogP contribution is 2.71. The maximum Gasteiger partial charge on any atom is 0.309 e. The zero-order valence-corrected chi connectivity index (χ0v) is 22.1. The van der Waals surface area contributed by atoms with Crippen LogP contribution in [-0.4, -0.2) is 52.4 Å². The summed E-state index contributed by atoms with van der Waals surface area (Å²) in [7, 11) is 0. The minimum Gasteiger partial charge on any atom is -0.461 e. The zero-order valence-electron chi connectivity index (χ0n) is 22.1. The van der Waals surface area contributed by atoms with Crippen LogP contribution in [0.1, 0.15) is 61.8 Å². The number of carbonyl (C=O) groups is 3. The van der Waals surface area contributed by atoms with E-state index in [9.17, 15) is 24.6 Å². The summed E-state index contributed by atoms with van der Waals surface area (Å²) < 4.78 is 11.3. The third-order valence-electron chi connectivity index (χ3n) is 9.27. The molecule has 4 rings (SSSR count). The van der Waals surface area contributed by atoms with Crippen LogP contribution in [0.5, 0.6) is 0 Å². The van der Waals surface area contributed by atoms with Gasteiger partial charge in [0.15, 0.2) is 17.5 Å². The van der Waals surface area contributed by atoms with Crippen LogP contribution in [0.3, 0.4) is 0 Å². The van der Waals surface area contributed by atoms with E-state index in [0.717, 1.165) is 6.42 Å². The Labute approximate surface area is 207 Å². The van der Waals surface area contributed by atoms with Crippen LogP contribution in [0.2, 0.25) is 0 Å². The van der Waals surface area contributed by atoms with Gasteiger partial charge < -0.3 is 19.7 Å². The lowest BCUT2D eigenvalue weighted by atomic mass is 9.59. The van der Waals surface area contributed by atoms with E-state index in [1.54, 1.807) is 46.8 Å². The number of aliphatic hydroxyl groups is 2. The molecule has 0 saturated heterocycles. The molecule has 2 saturated carbocycles. The molecule has 2 fully saturated rings. The van der Waals surface area contributed by atoms with Gasteiger partial charge in [-0.05, 0) is 47.7 Å². The summed E-state index contributed by atoms with van der Waals surface area (Å²) in [5.74, 6) is -2.40. The zero-order chi connectivity index (χ0) is 26.2. The Balaban J connectivity index is 1.87. The summed E-state index contributed by atoms with van der Waals surface area (Å²) in [6, 6.07) is 0. The van der Waals surface area contributed by atoms with Crippen LogP contribution < -0.4 is 0 Å². The molecule has 0 radical (unpaired) electrons. The molecule has 4 aliphatic rings. The molecule has 8 atom stereocenters. The Morgan fingerprint density at radius 1 is 1.14 bits per heavy atom. The number of fused-ring (bicyclic) bond motifs is 3. The van der Waals surface area contributed by atoms with Gasteiger partial charge in [0.1, 0.15) is 12.7 Å². The molecule has 194 valence electrons. The maximum atomic E-state index is 14.4. The van der Waals surface area contributed by atoms with Crippen LogP contribution in [-0.2, 0) is 23.9 Å². The lowest BCUT2D eigenvalue weighted by Crippen LogP contribution is -2.66. The quantitative estimate of drug-likeness (QED) is 0.452. The molecule has 7 heteroatoms. The lowest BCUT2D eigenvalue weighted by Gasteiger charge is -2.49. The van der Waals surface area contributed by atoms with Gasteiger partial charge in [-0.15, -0.1) is 0 Å². The lowest BCUT2D eigenvalue weighted by molar-refractivity contribution is -0.205. The molecule has 2 bridgehead atoms. The van der Waals surface area contributed by atoms with Gasteiger partial charge in [0, 0.05) is 5.92 Å². The first-order valence-electron chi connectivity index (χ1n) is 12.8. The van der Waals surface area contributed by atoms with Gasteiger partial charge in [0.2, 0.25) is 0 Å². The van der Waals surface area contributed by atoms with Crippen molar-refractivity contribution in [3.8, 4) is 0 Å². The minimum atomic E-state index is -2.11. The Morgan fingerprint density at radius 2 is 1.74 bits per heavy atom. The number of carbonyl (C=O) groups excluding carboxylic acids is 3. The van der Waals surface area contributed by atoms with Crippen LogP contribution in [0.15, 0.2) is 23.3 Å². The second-order valence-electron chi connectivity index (χ2n) is 12.4. The second kappa shape index (κ2) is 8.27. The average molecular weight is 489 g/mol. The fraction of sp³-hybridized carbons (Fsp3) is 0.750. The number of aliphatic hydroxyl groups excluding tert-OH is 1. The summed E-state index contributed by atoms with van der Waals surface area (Å²) >= 11 is 0. The van der Waals surface area contributed by atoms with Crippen molar-refractivity contribution in [1.29, 1.82) is 0 Å². The van der Waals surface area contributed by atoms with Crippen LogP contribution in [0.25, 0.3) is 0 Å². The van der Waals surface area contributed by atoms with E-state index in [4.69, 9.17) is 9.47 Å². The van der Waals surface area contributed by atoms with E-state index in [1.807, 2.05) is 6.92 Å². The van der Waals surface area contributed by atoms with Gasteiger partial charge in [-0.25, -0.2) is 0 Å². The number of allylic oxidation sites excluding steroid dienone is 1. The third kappa shape index (κ3) is 3.48. The Bertz CT molecular complexity index is 1000. The summed E-state index contributed by atoms with van der Waals surface area (Å²) in [5, 5.41) is 24.3. The van der Waals surface area contributed by atoms with E-state index in [0.29, 0.717) is 5.57 Å². The van der Waals surface area contributed by atoms with Crippen molar-refractivity contribution in [3.63, 3.8) is 0 Å². The Hall–Kier alpha value is -1.99. The van der Waals surface area contributed by atoms with Crippen molar-refractivity contribution in [2.24, 2.45) is 46.3 Å². The van der Waals surface area contributed by atoms with Gasteiger partial charge in [-0.2, -0.15) is 0 Å². The van der Waals surface area contributed by atoms with Crippen molar-refractivity contribution in [2.75, 3.05) is 6.61 Å². The number of hydrogen-bond acceptors (Lipinski definition) is 7. The van der Waals surface area contributed by atoms with Crippen LogP contribution in [0, 0.1) is 46.3 Å². The number of Topliss-reactive ketones (excluding diaryl/α,β-unsaturated/α-hetero) is 1. The highest BCUT2D eigenvalue weighted by Gasteiger charge is 2.76. The summed E-state index contributed by atoms with van der Waals surface area (Å²) in [5.41, 5.74) is -2.75. The van der Waals surface area contributed by atoms with Gasteiger partial charge in [-0.3, -0.25) is 14.4 Å². The topological polar surface area (TPSA) is 110 Å². The highest BCUT2D eigenvalue weighted by atomic mass is 16.6. The van der Waals surface area contributed by atoms with Gasteiger partial charge in [0.05, 0.1) is 17.3 Å². The van der Waals surface area contributed by atoms with Crippen LogP contribution >= 0.6 is 0 Å². The van der Waals surface area contributed by atoms with Gasteiger partial charge in [0.25, 0.3) is 0 Å². The first-order chi connectivity index (χ1) is 16.1. The molecule has 4 aliphatic carbocycles. The minimum absolute atomic E-state index is 0.0549. The molecule has 0 aliphatic heterocycles. The van der Waals surface area contributed by atoms with E-state index in [2.05, 4.69) is 13.8 Å². The summed E-state index contributed by atoms with van der Waals surface area (Å²) in [4.78, 5) is 39.3. The number of hydrogen-bond donors (Lipinski definition) is 2. The molecule has 7 nitrogen and oxygen atoms in total. The average Bonchev–Trinajstić information content (AvgIpc) is 3.26. The first-order valence-corrected chi connectivity index (χ1v) is 12.8. The van der Waals surface area contributed by atoms with E-state index < -0.39 is 47.0 Å². The van der Waals surface area contributed by atoms with Crippen molar-refractivity contribution in [1.82, 2.24) is 0 Å². The number of ketones is 1. The number of rotatable bonds is 5. The number of ether oxygens (including phenoxy) is 2. The molecule has 35 heavy (non-hydrogen) atoms. The van der Waals surface area contributed by atoms with Gasteiger partial charge >= 0.3 is 11.9 Å². The molecule has 0 heterocycles. The molecule has 8 unspecified atom stereocenters. The van der Waals surface area contributed by atoms with Crippen LogP contribution in [0.4, 0.5) is 0 Å². The third-order valence-corrected chi connectivity index (χ3v) is 9.27. The molecular weight excluding hydrogens is 448 g/mol. The van der Waals surface area contributed by atoms with Crippen molar-refractivity contribution in [2.45, 2.75) is 79.6 Å². The highest BCUT2D eigenvalue weighted by molar-refractivity contribution is 5.95. The molecule has 0 aromatic heterocycles. The normalized spacial score (nSPS) is 41.3. The standard InChI is InChI=1S/C28H40O7/c1-13(2)24(31)34-12-17-10-18-20-19(26(20,7)8)9-16(6)27(22(18)30)11-15(5)23(28(27,33)21(17)29)35-25(32)14(3)4/h10-11,13-14,16,18-21,23,29,33H,9,12H2,1-8H3. The molecule has 0 amide bonds. The first kappa shape index (κ1) is 26.1. The molecule has 2 N–H and O–H groups in total. The fourth-order valence-electron chi connectivity index (χ4n) is 7.15. The smallest absolute Gasteiger partial charge is 0.309 e.